The van der Waals surface area contributed by atoms with Gasteiger partial charge in [-0.1, -0.05) is 80.7 Å². The molecule has 3 heteroatoms. The Morgan fingerprint density at radius 1 is 0.914 bits per heavy atom. The zero-order chi connectivity index (χ0) is 25.8. The highest BCUT2D eigenvalue weighted by Crippen LogP contribution is 2.39. The maximum absolute atomic E-state index is 4.59. The lowest BCUT2D eigenvalue weighted by Crippen LogP contribution is -2.34. The molecule has 35 heavy (non-hydrogen) atoms. The molecule has 0 atom stereocenters. The first-order chi connectivity index (χ1) is 16.9. The maximum Gasteiger partial charge on any atom is 0.105 e. The highest BCUT2D eigenvalue weighted by molar-refractivity contribution is 5.60. The normalized spacial score (nSPS) is 10.4. The largest absolute Gasteiger partial charge is 0.373 e. The predicted octanol–water partition coefficient (Wildman–Crippen LogP) is 7.30. The lowest BCUT2D eigenvalue weighted by atomic mass is 9.73. The second-order valence-electron chi connectivity index (χ2n) is 8.66. The number of nitrogens with zero attached hydrogens (tertiary/aromatic N) is 3. The molecule has 0 fully saturated rings. The molecule has 0 aliphatic carbocycles. The average molecular weight is 466 g/mol. The number of hydrogen-bond acceptors (Lipinski definition) is 3. The molecule has 0 unspecified atom stereocenters. The van der Waals surface area contributed by atoms with Crippen LogP contribution in [-0.2, 0) is 12.0 Å². The summed E-state index contributed by atoms with van der Waals surface area (Å²) in [5.41, 5.74) is 9.21. The molecule has 0 bridgehead atoms. The minimum Gasteiger partial charge on any atom is -0.373 e. The molecule has 3 rings (SSSR count). The van der Waals surface area contributed by atoms with E-state index in [9.17, 15) is 0 Å². The molecule has 0 saturated carbocycles. The third kappa shape index (κ3) is 6.41. The minimum atomic E-state index is -0.347. The van der Waals surface area contributed by atoms with Crippen molar-refractivity contribution in [2.75, 3.05) is 20.6 Å². The number of pyridine rings is 1. The Balaban J connectivity index is 0.00000210. The molecule has 182 valence electrons. The van der Waals surface area contributed by atoms with Crippen LogP contribution in [0.25, 0.3) is 5.70 Å². The van der Waals surface area contributed by atoms with E-state index in [4.69, 9.17) is 0 Å². The summed E-state index contributed by atoms with van der Waals surface area (Å²) >= 11 is 0. The third-order valence-corrected chi connectivity index (χ3v) is 6.34. The highest BCUT2D eigenvalue weighted by atomic mass is 15.1. The fourth-order valence-corrected chi connectivity index (χ4v) is 4.36. The van der Waals surface area contributed by atoms with E-state index < -0.39 is 0 Å². The second kappa shape index (κ2) is 13.2. The summed E-state index contributed by atoms with van der Waals surface area (Å²) in [4.78, 5) is 8.99. The van der Waals surface area contributed by atoms with Crippen molar-refractivity contribution in [3.05, 3.63) is 139 Å². The van der Waals surface area contributed by atoms with Crippen molar-refractivity contribution < 1.29 is 0 Å². The van der Waals surface area contributed by atoms with Crippen molar-refractivity contribution in [1.82, 2.24) is 14.8 Å². The standard InChI is InChI=1S/C30H35N3.C2H4/c1-7-21-32(5)29(8-2)28-22-25(19-20-31-28)23-33(6)24(3)30(4,26-15-11-9-12-16-26)27-17-13-10-14-18-27;1-2/h9-20,22H,2-3,7,21,23H2,1,4-6H3;1-2H2. The van der Waals surface area contributed by atoms with Crippen molar-refractivity contribution in [2.45, 2.75) is 32.2 Å². The van der Waals surface area contributed by atoms with Crippen LogP contribution in [0, 0.1) is 0 Å². The Bertz CT molecular complexity index is 1090. The molecule has 0 saturated heterocycles. The number of allylic oxidation sites excluding steroid dienone is 1. The topological polar surface area (TPSA) is 19.4 Å². The molecule has 0 aliphatic heterocycles. The van der Waals surface area contributed by atoms with E-state index in [1.54, 1.807) is 0 Å². The zero-order valence-corrected chi connectivity index (χ0v) is 21.8. The summed E-state index contributed by atoms with van der Waals surface area (Å²) in [6, 6.07) is 25.4. The maximum atomic E-state index is 4.59. The number of rotatable bonds is 10. The van der Waals surface area contributed by atoms with Gasteiger partial charge < -0.3 is 9.80 Å². The summed E-state index contributed by atoms with van der Waals surface area (Å²) in [5, 5.41) is 0. The highest BCUT2D eigenvalue weighted by Gasteiger charge is 2.34. The van der Waals surface area contributed by atoms with Gasteiger partial charge in [0.15, 0.2) is 0 Å². The molecular formula is C32H39N3. The average Bonchev–Trinajstić information content (AvgIpc) is 2.90. The van der Waals surface area contributed by atoms with E-state index in [1.165, 1.54) is 16.7 Å². The Morgan fingerprint density at radius 2 is 1.46 bits per heavy atom. The molecule has 0 aliphatic rings. The summed E-state index contributed by atoms with van der Waals surface area (Å²) in [6.07, 6.45) is 2.92. The van der Waals surface area contributed by atoms with Gasteiger partial charge in [-0.2, -0.15) is 0 Å². The first-order valence-electron chi connectivity index (χ1n) is 12.0. The van der Waals surface area contributed by atoms with Crippen LogP contribution in [0.4, 0.5) is 0 Å². The summed E-state index contributed by atoms with van der Waals surface area (Å²) in [6.45, 7) is 20.6. The Labute approximate surface area is 212 Å². The van der Waals surface area contributed by atoms with Crippen LogP contribution in [-0.4, -0.2) is 35.4 Å². The molecular weight excluding hydrogens is 426 g/mol. The van der Waals surface area contributed by atoms with Crippen LogP contribution in [0.2, 0.25) is 0 Å². The van der Waals surface area contributed by atoms with Gasteiger partial charge in [0.2, 0.25) is 0 Å². The molecule has 3 nitrogen and oxygen atoms in total. The van der Waals surface area contributed by atoms with Gasteiger partial charge in [-0.15, -0.1) is 18.9 Å². The smallest absolute Gasteiger partial charge is 0.105 e. The van der Waals surface area contributed by atoms with Crippen LogP contribution in [0.5, 0.6) is 0 Å². The lowest BCUT2D eigenvalue weighted by molar-refractivity contribution is 0.356. The first-order valence-corrected chi connectivity index (χ1v) is 12.0. The molecule has 1 heterocycles. The Hall–Kier alpha value is -3.81. The third-order valence-electron chi connectivity index (χ3n) is 6.34. The Morgan fingerprint density at radius 3 is 1.94 bits per heavy atom. The zero-order valence-electron chi connectivity index (χ0n) is 21.8. The molecule has 3 aromatic rings. The van der Waals surface area contributed by atoms with Gasteiger partial charge in [0, 0.05) is 39.1 Å². The van der Waals surface area contributed by atoms with Crippen LogP contribution >= 0.6 is 0 Å². The quantitative estimate of drug-likeness (QED) is 0.231. The fourth-order valence-electron chi connectivity index (χ4n) is 4.36. The van der Waals surface area contributed by atoms with Gasteiger partial charge in [0.25, 0.3) is 0 Å². The lowest BCUT2D eigenvalue weighted by Gasteiger charge is -2.38. The van der Waals surface area contributed by atoms with Gasteiger partial charge in [-0.25, -0.2) is 0 Å². The summed E-state index contributed by atoms with van der Waals surface area (Å²) in [7, 11) is 4.17. The van der Waals surface area contributed by atoms with E-state index in [-0.39, 0.29) is 5.41 Å². The van der Waals surface area contributed by atoms with Crippen LogP contribution in [0.3, 0.4) is 0 Å². The van der Waals surface area contributed by atoms with E-state index in [1.807, 2.05) is 6.20 Å². The second-order valence-corrected chi connectivity index (χ2v) is 8.66. The summed E-state index contributed by atoms with van der Waals surface area (Å²) in [5.74, 6) is 0. The number of benzene rings is 2. The predicted molar refractivity (Wildman–Crippen MR) is 151 cm³/mol. The van der Waals surface area contributed by atoms with Crippen LogP contribution < -0.4 is 0 Å². The molecule has 1 aromatic heterocycles. The molecule has 0 spiro atoms. The molecule has 0 N–H and O–H groups in total. The monoisotopic (exact) mass is 465 g/mol. The van der Waals surface area contributed by atoms with Crippen molar-refractivity contribution in [1.29, 1.82) is 0 Å². The van der Waals surface area contributed by atoms with Gasteiger partial charge in [0.05, 0.1) is 11.1 Å². The van der Waals surface area contributed by atoms with Gasteiger partial charge >= 0.3 is 0 Å². The van der Waals surface area contributed by atoms with E-state index in [2.05, 4.69) is 148 Å². The van der Waals surface area contributed by atoms with Gasteiger partial charge in [0.1, 0.15) is 5.70 Å². The van der Waals surface area contributed by atoms with Crippen molar-refractivity contribution in [3.8, 4) is 0 Å². The van der Waals surface area contributed by atoms with E-state index in [0.29, 0.717) is 0 Å². The Kier molecular flexibility index (Phi) is 10.3. The molecule has 0 radical (unpaired) electrons. The van der Waals surface area contributed by atoms with Gasteiger partial charge in [-0.05, 0) is 42.2 Å². The number of hydrogen-bond donors (Lipinski definition) is 0. The number of aromatic nitrogens is 1. The minimum absolute atomic E-state index is 0.347. The summed E-state index contributed by atoms with van der Waals surface area (Å²) < 4.78 is 0. The van der Waals surface area contributed by atoms with Crippen molar-refractivity contribution in [3.63, 3.8) is 0 Å². The SMILES string of the molecule is C=C.C=C=C(c1cc(CN(C)C(=C)C(C)(c2ccccc2)c2ccccc2)ccn1)N(C)CCC. The van der Waals surface area contributed by atoms with Crippen molar-refractivity contribution >= 4 is 5.70 Å². The fraction of sp³-hybridized carbons (Fsp3) is 0.250. The number of likely N-dealkylation sites (N-methyl/N-ethyl adjacent to an activating group) is 1. The molecule has 0 amide bonds. The van der Waals surface area contributed by atoms with Gasteiger partial charge in [-0.3, -0.25) is 4.98 Å². The molecule has 2 aromatic carbocycles. The first kappa shape index (κ1) is 27.4. The van der Waals surface area contributed by atoms with E-state index in [0.717, 1.165) is 36.6 Å². The van der Waals surface area contributed by atoms with E-state index >= 15 is 0 Å². The van der Waals surface area contributed by atoms with Crippen molar-refractivity contribution in [2.24, 2.45) is 0 Å². The van der Waals surface area contributed by atoms with Crippen LogP contribution in [0.15, 0.2) is 117 Å². The van der Waals surface area contributed by atoms with Crippen LogP contribution in [0.1, 0.15) is 42.7 Å².